The number of pyridine rings is 1. The van der Waals surface area contributed by atoms with Crippen LogP contribution in [0.3, 0.4) is 0 Å². The summed E-state index contributed by atoms with van der Waals surface area (Å²) in [6, 6.07) is 10.5. The number of ether oxygens (including phenoxy) is 6. The van der Waals surface area contributed by atoms with Crippen LogP contribution in [0.4, 0.5) is 0 Å². The van der Waals surface area contributed by atoms with Gasteiger partial charge in [0.25, 0.3) is 0 Å². The summed E-state index contributed by atoms with van der Waals surface area (Å²) in [6.45, 7) is 6.36. The molecule has 13 nitrogen and oxygen atoms in total. The van der Waals surface area contributed by atoms with Gasteiger partial charge in [-0.05, 0) is 49.4 Å². The third-order valence-electron chi connectivity index (χ3n) is 8.40. The molecule has 1 N–H and O–H groups in total. The zero-order chi connectivity index (χ0) is 36.2. The van der Waals surface area contributed by atoms with Crippen LogP contribution < -0.4 is 0 Å². The van der Waals surface area contributed by atoms with Gasteiger partial charge in [-0.2, -0.15) is 9.40 Å². The highest BCUT2D eigenvalue weighted by Gasteiger charge is 2.31. The van der Waals surface area contributed by atoms with Crippen LogP contribution in [0.15, 0.2) is 53.7 Å². The van der Waals surface area contributed by atoms with Crippen LogP contribution in [0, 0.1) is 0 Å². The van der Waals surface area contributed by atoms with Crippen molar-refractivity contribution >= 4 is 33.1 Å². The van der Waals surface area contributed by atoms with Crippen LogP contribution in [-0.4, -0.2) is 131 Å². The van der Waals surface area contributed by atoms with Gasteiger partial charge in [0, 0.05) is 42.9 Å². The van der Waals surface area contributed by atoms with Gasteiger partial charge >= 0.3 is 5.97 Å². The highest BCUT2D eigenvalue weighted by Crippen LogP contribution is 2.32. The van der Waals surface area contributed by atoms with Crippen molar-refractivity contribution in [1.82, 2.24) is 13.9 Å². The van der Waals surface area contributed by atoms with Crippen molar-refractivity contribution in [2.24, 2.45) is 0 Å². The molecule has 1 aliphatic rings. The van der Waals surface area contributed by atoms with Gasteiger partial charge < -0.3 is 33.5 Å². The van der Waals surface area contributed by atoms with Gasteiger partial charge in [-0.3, -0.25) is 4.79 Å². The van der Waals surface area contributed by atoms with E-state index < -0.39 is 16.0 Å². The maximum absolute atomic E-state index is 13.8. The second kappa shape index (κ2) is 23.1. The molecule has 0 amide bonds. The summed E-state index contributed by atoms with van der Waals surface area (Å²) in [7, 11) is -3.79. The molecule has 1 aromatic carbocycles. The molecule has 0 spiro atoms. The number of aliphatic carboxylic acids is 1. The first-order chi connectivity index (χ1) is 24.9. The first-order valence-corrected chi connectivity index (χ1v) is 19.7. The van der Waals surface area contributed by atoms with E-state index in [9.17, 15) is 18.3 Å². The minimum Gasteiger partial charge on any atom is -0.481 e. The highest BCUT2D eigenvalue weighted by molar-refractivity contribution is 7.89. The van der Waals surface area contributed by atoms with E-state index in [-0.39, 0.29) is 17.4 Å². The highest BCUT2D eigenvalue weighted by atomic mass is 35.5. The minimum atomic E-state index is -3.79. The predicted molar refractivity (Wildman–Crippen MR) is 193 cm³/mol. The third-order valence-corrected chi connectivity index (χ3v) is 10.6. The monoisotopic (exact) mass is 753 g/mol. The number of carboxylic acids is 1. The Kier molecular flexibility index (Phi) is 18.6. The summed E-state index contributed by atoms with van der Waals surface area (Å²) < 4.78 is 64.4. The number of sulfonamides is 1. The van der Waals surface area contributed by atoms with E-state index in [1.807, 2.05) is 0 Å². The molecule has 0 unspecified atom stereocenters. The fraction of sp³-hybridized carbons (Fsp3) is 0.611. The molecule has 0 atom stereocenters. The van der Waals surface area contributed by atoms with Crippen LogP contribution in [0.25, 0.3) is 16.6 Å². The van der Waals surface area contributed by atoms with Gasteiger partial charge in [0.2, 0.25) is 10.0 Å². The zero-order valence-corrected chi connectivity index (χ0v) is 30.9. The number of rotatable bonds is 27. The number of carbonyl (C=O) groups is 1. The molecule has 15 heteroatoms. The number of hydrogen-bond donors (Lipinski definition) is 1. The van der Waals surface area contributed by atoms with Gasteiger partial charge in [0.15, 0.2) is 0 Å². The van der Waals surface area contributed by atoms with Gasteiger partial charge in [-0.1, -0.05) is 31.0 Å². The van der Waals surface area contributed by atoms with E-state index in [4.69, 9.17) is 40.0 Å². The molecule has 51 heavy (non-hydrogen) atoms. The van der Waals surface area contributed by atoms with Crippen LogP contribution in [0.1, 0.15) is 44.1 Å². The molecule has 3 aromatic rings. The summed E-state index contributed by atoms with van der Waals surface area (Å²) in [4.78, 5) is 11.5. The van der Waals surface area contributed by atoms with Crippen LogP contribution in [0.2, 0.25) is 0 Å². The largest absolute Gasteiger partial charge is 0.481 e. The van der Waals surface area contributed by atoms with Gasteiger partial charge in [-0.15, -0.1) is 11.6 Å². The van der Waals surface area contributed by atoms with Crippen LogP contribution in [-0.2, 0) is 49.7 Å². The quantitative estimate of drug-likeness (QED) is 0.0855. The van der Waals surface area contributed by atoms with E-state index >= 15 is 0 Å². The number of unbranched alkanes of at least 4 members (excludes halogenated alkanes) is 3. The molecule has 4 rings (SSSR count). The number of nitrogens with zero attached hydrogens (tertiary/aromatic N) is 3. The maximum Gasteiger partial charge on any atom is 0.307 e. The van der Waals surface area contributed by atoms with Crippen molar-refractivity contribution in [2.75, 3.05) is 91.6 Å². The lowest BCUT2D eigenvalue weighted by molar-refractivity contribution is -0.136. The molecule has 0 saturated carbocycles. The number of hydrogen-bond acceptors (Lipinski definition) is 10. The lowest BCUT2D eigenvalue weighted by atomic mass is 10.1. The fourth-order valence-corrected chi connectivity index (χ4v) is 7.59. The molecular weight excluding hydrogens is 702 g/mol. The summed E-state index contributed by atoms with van der Waals surface area (Å²) in [5, 5.41) is 13.5. The number of fused-ring (bicyclic) bond motifs is 1. The summed E-state index contributed by atoms with van der Waals surface area (Å²) in [5.74, 6) is -0.232. The van der Waals surface area contributed by atoms with Crippen molar-refractivity contribution in [3.63, 3.8) is 0 Å². The molecular formula is C36H52ClN3O10S. The lowest BCUT2D eigenvalue weighted by Crippen LogP contribution is -2.41. The molecule has 1 fully saturated rings. The molecule has 3 heterocycles. The van der Waals surface area contributed by atoms with E-state index in [0.717, 1.165) is 38.2 Å². The third kappa shape index (κ3) is 14.0. The first kappa shape index (κ1) is 41.1. The minimum absolute atomic E-state index is 0.0477. The van der Waals surface area contributed by atoms with Crippen molar-refractivity contribution in [3.8, 4) is 11.1 Å². The lowest BCUT2D eigenvalue weighted by Gasteiger charge is -2.31. The van der Waals surface area contributed by atoms with E-state index in [1.165, 1.54) is 10.5 Å². The second-order valence-corrected chi connectivity index (χ2v) is 14.4. The Morgan fingerprint density at radius 2 is 1.39 bits per heavy atom. The van der Waals surface area contributed by atoms with Crippen LogP contribution in [0.5, 0.6) is 0 Å². The Balaban J connectivity index is 1.04. The average Bonchev–Trinajstić information content (AvgIpc) is 3.53. The maximum atomic E-state index is 13.8. The van der Waals surface area contributed by atoms with Crippen molar-refractivity contribution in [2.45, 2.75) is 55.9 Å². The molecule has 0 bridgehead atoms. The Morgan fingerprint density at radius 1 is 0.804 bits per heavy atom. The average molecular weight is 754 g/mol. The summed E-state index contributed by atoms with van der Waals surface area (Å²) in [5.41, 5.74) is 2.40. The number of alkyl halides is 1. The Bertz CT molecular complexity index is 1550. The van der Waals surface area contributed by atoms with Gasteiger partial charge in [0.05, 0.1) is 95.2 Å². The number of benzene rings is 1. The first-order valence-electron chi connectivity index (χ1n) is 17.7. The van der Waals surface area contributed by atoms with E-state index in [1.54, 1.807) is 47.1 Å². The summed E-state index contributed by atoms with van der Waals surface area (Å²) >= 11 is 5.66. The zero-order valence-electron chi connectivity index (χ0n) is 29.3. The number of aromatic nitrogens is 2. The van der Waals surface area contributed by atoms with Gasteiger partial charge in [0.1, 0.15) is 0 Å². The Hall–Kier alpha value is -2.66. The fourth-order valence-electron chi connectivity index (χ4n) is 5.71. The smallest absolute Gasteiger partial charge is 0.307 e. The predicted octanol–water partition coefficient (Wildman–Crippen LogP) is 4.68. The molecule has 284 valence electrons. The normalized spacial score (nSPS) is 14.5. The topological polar surface area (TPSA) is 147 Å². The molecule has 0 radical (unpaired) electrons. The second-order valence-electron chi connectivity index (χ2n) is 12.1. The van der Waals surface area contributed by atoms with Gasteiger partial charge in [-0.25, -0.2) is 12.9 Å². The van der Waals surface area contributed by atoms with E-state index in [0.29, 0.717) is 114 Å². The molecule has 2 aromatic heterocycles. The molecule has 1 aliphatic heterocycles. The summed E-state index contributed by atoms with van der Waals surface area (Å²) in [6.07, 6.45) is 8.60. The van der Waals surface area contributed by atoms with Crippen molar-refractivity contribution in [3.05, 3.63) is 54.4 Å². The standard InChI is InChI=1S/C36H52ClN3O10S/c37-12-5-1-2-6-16-45-17-18-46-19-20-47-21-22-48-23-24-49-25-26-50-32-10-13-39(14-11-32)51(43,44)35-8-4-3-7-33(35)30-9-15-40-34(27-30)31(29-38-40)28-36(41)42/h3-4,7-9,15,27,29,32H,1-2,5-6,10-14,16-26,28H2,(H,41,42). The molecule has 1 saturated heterocycles. The Labute approximate surface area is 306 Å². The van der Waals surface area contributed by atoms with E-state index in [2.05, 4.69) is 5.10 Å². The number of carboxylic acid groups (broad SMARTS) is 1. The number of piperidine rings is 1. The Morgan fingerprint density at radius 3 is 2.02 bits per heavy atom. The van der Waals surface area contributed by atoms with Crippen molar-refractivity contribution < 1.29 is 46.7 Å². The van der Waals surface area contributed by atoms with Crippen LogP contribution >= 0.6 is 11.6 Å². The van der Waals surface area contributed by atoms with Crippen molar-refractivity contribution in [1.29, 1.82) is 0 Å². The SMILES string of the molecule is O=C(O)Cc1cnn2ccc(-c3ccccc3S(=O)(=O)N3CCC(OCCOCCOCCOCCOCCOCCCCCCCl)CC3)cc12. The number of halogens is 1. The molecule has 0 aliphatic carbocycles.